The summed E-state index contributed by atoms with van der Waals surface area (Å²) in [6.45, 7) is 0. The van der Waals surface area contributed by atoms with Crippen LogP contribution in [0.25, 0.3) is 0 Å². The molecule has 1 aliphatic heterocycles. The van der Waals surface area contributed by atoms with Crippen LogP contribution in [-0.2, 0) is 9.53 Å². The number of hydrogen-bond acceptors (Lipinski definition) is 5. The predicted octanol–water partition coefficient (Wildman–Crippen LogP) is -0.557. The summed E-state index contributed by atoms with van der Waals surface area (Å²) in [7, 11) is 1.06. The maximum Gasteiger partial charge on any atom is 0.422 e. The molecule has 5 nitrogen and oxygen atoms in total. The number of carbonyl (C=O) groups is 1. The molecule has 0 unspecified atom stereocenters. The van der Waals surface area contributed by atoms with E-state index in [0.29, 0.717) is 0 Å². The molecule has 0 aliphatic carbocycles. The fourth-order valence-corrected chi connectivity index (χ4v) is 1.03. The average Bonchev–Trinajstić information content (AvgIpc) is 2.15. The average molecular weight is 226 g/mol. The van der Waals surface area contributed by atoms with Gasteiger partial charge in [0.1, 0.15) is 6.23 Å². The van der Waals surface area contributed by atoms with Crippen molar-refractivity contribution in [2.24, 2.45) is 0 Å². The van der Waals surface area contributed by atoms with Crippen LogP contribution in [0.2, 0.25) is 0 Å². The molecule has 1 heterocycles. The topological polar surface area (TPSA) is 70.6 Å². The highest BCUT2D eigenvalue weighted by Gasteiger charge is 2.43. The van der Waals surface area contributed by atoms with E-state index in [4.69, 9.17) is 0 Å². The van der Waals surface area contributed by atoms with Gasteiger partial charge in [-0.3, -0.25) is 5.32 Å². The molecule has 1 aliphatic rings. The lowest BCUT2D eigenvalue weighted by Crippen LogP contribution is -2.58. The third-order valence-electron chi connectivity index (χ3n) is 1.77. The molecular weight excluding hydrogens is 217 g/mol. The second-order valence-electron chi connectivity index (χ2n) is 2.80. The highest BCUT2D eigenvalue weighted by atomic mass is 19.4. The van der Waals surface area contributed by atoms with Crippen LogP contribution in [-0.4, -0.2) is 36.8 Å². The molecule has 0 saturated carbocycles. The number of aliphatic hydroxyl groups excluding tert-OH is 1. The van der Waals surface area contributed by atoms with Gasteiger partial charge in [-0.25, -0.2) is 4.79 Å². The van der Waals surface area contributed by atoms with Gasteiger partial charge in [-0.15, -0.1) is 0 Å². The van der Waals surface area contributed by atoms with Crippen LogP contribution in [0, 0.1) is 0 Å². The smallest absolute Gasteiger partial charge is 0.422 e. The van der Waals surface area contributed by atoms with Gasteiger partial charge in [0.05, 0.1) is 12.7 Å². The highest BCUT2D eigenvalue weighted by Crippen LogP contribution is 2.21. The van der Waals surface area contributed by atoms with E-state index in [0.717, 1.165) is 13.3 Å². The first-order chi connectivity index (χ1) is 6.86. The standard InChI is InChI=1S/C7H9F3N2O3/c1-15-5(14)3-2-11-6(7(8,9)10)12-4(3)13/h2,4,6,11-13H,1H3/t4-,6-/m0/s1. The summed E-state index contributed by atoms with van der Waals surface area (Å²) in [4.78, 5) is 10.9. The Kier molecular flexibility index (Phi) is 3.20. The minimum atomic E-state index is -4.56. The number of methoxy groups -OCH3 is 1. The van der Waals surface area contributed by atoms with Crippen molar-refractivity contribution in [2.75, 3.05) is 7.11 Å². The molecule has 0 aromatic heterocycles. The van der Waals surface area contributed by atoms with Crippen LogP contribution in [0.5, 0.6) is 0 Å². The van der Waals surface area contributed by atoms with Gasteiger partial charge in [0.25, 0.3) is 0 Å². The minimum Gasteiger partial charge on any atom is -0.466 e. The number of carbonyl (C=O) groups excluding carboxylic acids is 1. The molecule has 1 rings (SSSR count). The van der Waals surface area contributed by atoms with E-state index >= 15 is 0 Å². The molecule has 8 heteroatoms. The van der Waals surface area contributed by atoms with Crippen LogP contribution in [0.4, 0.5) is 13.2 Å². The quantitative estimate of drug-likeness (QED) is 0.523. The first-order valence-electron chi connectivity index (χ1n) is 3.91. The van der Waals surface area contributed by atoms with Gasteiger partial charge < -0.3 is 15.2 Å². The molecule has 0 radical (unpaired) electrons. The van der Waals surface area contributed by atoms with Gasteiger partial charge in [-0.1, -0.05) is 0 Å². The number of nitrogens with one attached hydrogen (secondary N) is 2. The van der Waals surface area contributed by atoms with E-state index in [1.54, 1.807) is 5.32 Å². The number of halogens is 3. The van der Waals surface area contributed by atoms with E-state index in [1.807, 2.05) is 5.32 Å². The van der Waals surface area contributed by atoms with Gasteiger partial charge in [0.2, 0.25) is 0 Å². The maximum absolute atomic E-state index is 12.1. The van der Waals surface area contributed by atoms with Crippen molar-refractivity contribution in [1.29, 1.82) is 0 Å². The van der Waals surface area contributed by atoms with Crippen molar-refractivity contribution in [3.8, 4) is 0 Å². The molecule has 0 saturated heterocycles. The maximum atomic E-state index is 12.1. The van der Waals surface area contributed by atoms with E-state index < -0.39 is 24.5 Å². The first-order valence-corrected chi connectivity index (χ1v) is 3.91. The number of aliphatic hydroxyl groups is 1. The van der Waals surface area contributed by atoms with Crippen molar-refractivity contribution < 1.29 is 27.8 Å². The number of ether oxygens (including phenoxy) is 1. The second kappa shape index (κ2) is 4.07. The third kappa shape index (κ3) is 2.60. The fourth-order valence-electron chi connectivity index (χ4n) is 1.03. The molecule has 0 aromatic carbocycles. The van der Waals surface area contributed by atoms with Gasteiger partial charge in [-0.2, -0.15) is 13.2 Å². The van der Waals surface area contributed by atoms with Crippen LogP contribution in [0.3, 0.4) is 0 Å². The Morgan fingerprint density at radius 2 is 2.20 bits per heavy atom. The summed E-state index contributed by atoms with van der Waals surface area (Å²) < 4.78 is 40.7. The van der Waals surface area contributed by atoms with Crippen LogP contribution in [0.1, 0.15) is 0 Å². The fraction of sp³-hybridized carbons (Fsp3) is 0.571. The molecule has 0 spiro atoms. The van der Waals surface area contributed by atoms with E-state index in [2.05, 4.69) is 4.74 Å². The lowest BCUT2D eigenvalue weighted by Gasteiger charge is -2.29. The first kappa shape index (κ1) is 11.8. The van der Waals surface area contributed by atoms with Gasteiger partial charge >= 0.3 is 12.1 Å². The van der Waals surface area contributed by atoms with Gasteiger partial charge in [0, 0.05) is 6.20 Å². The lowest BCUT2D eigenvalue weighted by molar-refractivity contribution is -0.170. The zero-order valence-electron chi connectivity index (χ0n) is 7.63. The number of rotatable bonds is 1. The minimum absolute atomic E-state index is 0.307. The SMILES string of the molecule is COC(=O)C1=CN[C@H](C(F)(F)F)N[C@H]1O. The normalized spacial score (nSPS) is 26.6. The lowest BCUT2D eigenvalue weighted by atomic mass is 10.2. The molecule has 0 bridgehead atoms. The Labute approximate surface area is 82.9 Å². The summed E-state index contributed by atoms with van der Waals surface area (Å²) in [6.07, 6.45) is -7.56. The van der Waals surface area contributed by atoms with Gasteiger partial charge in [0.15, 0.2) is 6.17 Å². The zero-order valence-corrected chi connectivity index (χ0v) is 7.63. The van der Waals surface area contributed by atoms with Crippen molar-refractivity contribution in [2.45, 2.75) is 18.6 Å². The third-order valence-corrected chi connectivity index (χ3v) is 1.77. The van der Waals surface area contributed by atoms with Gasteiger partial charge in [-0.05, 0) is 0 Å². The number of alkyl halides is 3. The van der Waals surface area contributed by atoms with Crippen molar-refractivity contribution in [3.63, 3.8) is 0 Å². The molecule has 0 aromatic rings. The van der Waals surface area contributed by atoms with Crippen LogP contribution in [0.15, 0.2) is 11.8 Å². The number of hydrogen-bond donors (Lipinski definition) is 3. The molecule has 15 heavy (non-hydrogen) atoms. The van der Waals surface area contributed by atoms with Crippen molar-refractivity contribution in [3.05, 3.63) is 11.8 Å². The Morgan fingerprint density at radius 1 is 1.60 bits per heavy atom. The van der Waals surface area contributed by atoms with E-state index in [9.17, 15) is 23.1 Å². The molecule has 0 fully saturated rings. The van der Waals surface area contributed by atoms with Crippen LogP contribution < -0.4 is 10.6 Å². The largest absolute Gasteiger partial charge is 0.466 e. The molecular formula is C7H9F3N2O3. The second-order valence-corrected chi connectivity index (χ2v) is 2.80. The monoisotopic (exact) mass is 226 g/mol. The Hall–Kier alpha value is -1.28. The summed E-state index contributed by atoms with van der Waals surface area (Å²) in [6, 6.07) is 0. The van der Waals surface area contributed by atoms with Crippen molar-refractivity contribution >= 4 is 5.97 Å². The Balaban J connectivity index is 2.76. The molecule has 86 valence electrons. The molecule has 2 atom stereocenters. The summed E-state index contributed by atoms with van der Waals surface area (Å²) in [5, 5.41) is 12.9. The van der Waals surface area contributed by atoms with E-state index in [-0.39, 0.29) is 5.57 Å². The zero-order chi connectivity index (χ0) is 11.6. The predicted molar refractivity (Wildman–Crippen MR) is 42.2 cm³/mol. The van der Waals surface area contributed by atoms with E-state index in [1.165, 1.54) is 0 Å². The van der Waals surface area contributed by atoms with Crippen molar-refractivity contribution in [1.82, 2.24) is 10.6 Å². The van der Waals surface area contributed by atoms with Crippen LogP contribution >= 0.6 is 0 Å². The number of esters is 1. The summed E-state index contributed by atoms with van der Waals surface area (Å²) in [5.41, 5.74) is -0.307. The Morgan fingerprint density at radius 3 is 2.60 bits per heavy atom. The summed E-state index contributed by atoms with van der Waals surface area (Å²) in [5.74, 6) is -0.900. The highest BCUT2D eigenvalue weighted by molar-refractivity contribution is 5.89. The Bertz CT molecular complexity index is 290. The molecule has 0 amide bonds. The summed E-state index contributed by atoms with van der Waals surface area (Å²) >= 11 is 0. The molecule has 3 N–H and O–H groups in total.